The van der Waals surface area contributed by atoms with Crippen LogP contribution in [-0.4, -0.2) is 46.8 Å². The average molecular weight is 236 g/mol. The first-order valence-electron chi connectivity index (χ1n) is 6.64. The molecule has 2 fully saturated rings. The maximum absolute atomic E-state index is 4.72. The molecule has 2 unspecified atom stereocenters. The van der Waals surface area contributed by atoms with Crippen molar-refractivity contribution in [2.45, 2.75) is 44.2 Å². The van der Waals surface area contributed by atoms with Crippen LogP contribution in [0.15, 0.2) is 10.9 Å². The van der Waals surface area contributed by atoms with Crippen LogP contribution in [0, 0.1) is 0 Å². The fourth-order valence-corrected chi connectivity index (χ4v) is 3.10. The van der Waals surface area contributed by atoms with E-state index in [4.69, 9.17) is 4.52 Å². The van der Waals surface area contributed by atoms with Crippen LogP contribution in [0.3, 0.4) is 0 Å². The van der Waals surface area contributed by atoms with Crippen molar-refractivity contribution in [2.75, 3.05) is 19.6 Å². The van der Waals surface area contributed by atoms with Gasteiger partial charge in [0.15, 0.2) is 5.82 Å². The average Bonchev–Trinajstić information content (AvgIpc) is 2.98. The largest absolute Gasteiger partial charge is 0.343 e. The Kier molecular flexibility index (Phi) is 3.38. The molecule has 2 saturated heterocycles. The van der Waals surface area contributed by atoms with Gasteiger partial charge in [-0.3, -0.25) is 0 Å². The van der Waals surface area contributed by atoms with E-state index in [1.54, 1.807) is 0 Å². The lowest BCUT2D eigenvalue weighted by molar-refractivity contribution is 0.167. The summed E-state index contributed by atoms with van der Waals surface area (Å²) < 4.78 is 4.72. The highest BCUT2D eigenvalue weighted by Gasteiger charge is 2.31. The Morgan fingerprint density at radius 2 is 2.41 bits per heavy atom. The van der Waals surface area contributed by atoms with Crippen molar-refractivity contribution in [3.63, 3.8) is 0 Å². The molecule has 1 aromatic heterocycles. The molecule has 0 amide bonds. The molecule has 5 heteroatoms. The van der Waals surface area contributed by atoms with Crippen LogP contribution >= 0.6 is 0 Å². The van der Waals surface area contributed by atoms with Crippen molar-refractivity contribution in [1.82, 2.24) is 20.4 Å². The van der Waals surface area contributed by atoms with Crippen molar-refractivity contribution in [1.29, 1.82) is 0 Å². The highest BCUT2D eigenvalue weighted by molar-refractivity contribution is 4.89. The number of rotatable bonds is 4. The van der Waals surface area contributed by atoms with Crippen molar-refractivity contribution in [2.24, 2.45) is 0 Å². The third-order valence-electron chi connectivity index (χ3n) is 4.01. The van der Waals surface area contributed by atoms with E-state index in [9.17, 15) is 0 Å². The molecule has 0 saturated carbocycles. The molecule has 0 aliphatic carbocycles. The lowest BCUT2D eigenvalue weighted by atomic mass is 9.97. The fraction of sp³-hybridized carbons (Fsp3) is 0.833. The van der Waals surface area contributed by atoms with E-state index < -0.39 is 0 Å². The molecule has 17 heavy (non-hydrogen) atoms. The van der Waals surface area contributed by atoms with Gasteiger partial charge >= 0.3 is 0 Å². The molecule has 0 spiro atoms. The Morgan fingerprint density at radius 3 is 3.29 bits per heavy atom. The van der Waals surface area contributed by atoms with Gasteiger partial charge in [0.25, 0.3) is 0 Å². The summed E-state index contributed by atoms with van der Waals surface area (Å²) in [4.78, 5) is 6.68. The normalized spacial score (nSPS) is 29.4. The number of hydrogen-bond acceptors (Lipinski definition) is 5. The van der Waals surface area contributed by atoms with Crippen molar-refractivity contribution < 1.29 is 4.52 Å². The van der Waals surface area contributed by atoms with Crippen LogP contribution < -0.4 is 5.32 Å². The highest BCUT2D eigenvalue weighted by atomic mass is 16.5. The highest BCUT2D eigenvalue weighted by Crippen LogP contribution is 2.26. The van der Waals surface area contributed by atoms with Gasteiger partial charge in [-0.25, -0.2) is 0 Å². The molecule has 5 nitrogen and oxygen atoms in total. The van der Waals surface area contributed by atoms with Crippen molar-refractivity contribution in [3.8, 4) is 0 Å². The lowest BCUT2D eigenvalue weighted by Gasteiger charge is -2.35. The van der Waals surface area contributed by atoms with Gasteiger partial charge in [-0.15, -0.1) is 0 Å². The molecule has 0 bridgehead atoms. The maximum atomic E-state index is 4.72. The van der Waals surface area contributed by atoms with Crippen molar-refractivity contribution >= 4 is 0 Å². The zero-order valence-electron chi connectivity index (χ0n) is 10.1. The molecule has 3 heterocycles. The number of fused-ring (bicyclic) bond motifs is 1. The molecular weight excluding hydrogens is 216 g/mol. The Balaban J connectivity index is 1.40. The van der Waals surface area contributed by atoms with Gasteiger partial charge in [0.05, 0.1) is 0 Å². The second-order valence-electron chi connectivity index (χ2n) is 5.10. The van der Waals surface area contributed by atoms with E-state index in [1.807, 2.05) is 0 Å². The maximum Gasteiger partial charge on any atom is 0.213 e. The van der Waals surface area contributed by atoms with Crippen LogP contribution in [0.4, 0.5) is 0 Å². The number of nitrogens with one attached hydrogen (secondary N) is 1. The smallest absolute Gasteiger partial charge is 0.213 e. The van der Waals surface area contributed by atoms with E-state index in [0.717, 1.165) is 24.8 Å². The van der Waals surface area contributed by atoms with Gasteiger partial charge < -0.3 is 14.7 Å². The van der Waals surface area contributed by atoms with E-state index in [0.29, 0.717) is 6.04 Å². The predicted octanol–water partition coefficient (Wildman–Crippen LogP) is 0.829. The molecule has 2 atom stereocenters. The van der Waals surface area contributed by atoms with Gasteiger partial charge in [-0.1, -0.05) is 5.16 Å². The molecule has 1 aromatic rings. The molecule has 94 valence electrons. The second kappa shape index (κ2) is 5.14. The summed E-state index contributed by atoms with van der Waals surface area (Å²) in [6.45, 7) is 3.54. The first-order chi connectivity index (χ1) is 8.42. The predicted molar refractivity (Wildman–Crippen MR) is 63.6 cm³/mol. The summed E-state index contributed by atoms with van der Waals surface area (Å²) in [6.07, 6.45) is 7.63. The first kappa shape index (κ1) is 11.2. The van der Waals surface area contributed by atoms with Crippen LogP contribution in [-0.2, 0) is 6.42 Å². The Morgan fingerprint density at radius 1 is 1.41 bits per heavy atom. The molecule has 3 rings (SSSR count). The van der Waals surface area contributed by atoms with E-state index in [-0.39, 0.29) is 0 Å². The fourth-order valence-electron chi connectivity index (χ4n) is 3.10. The van der Waals surface area contributed by atoms with Gasteiger partial charge in [0, 0.05) is 25.0 Å². The second-order valence-corrected chi connectivity index (χ2v) is 5.10. The number of nitrogens with zero attached hydrogens (tertiary/aromatic N) is 3. The van der Waals surface area contributed by atoms with Crippen LogP contribution in [0.25, 0.3) is 0 Å². The Labute approximate surface area is 102 Å². The zero-order chi connectivity index (χ0) is 11.5. The first-order valence-corrected chi connectivity index (χ1v) is 6.64. The van der Waals surface area contributed by atoms with Gasteiger partial charge in [-0.05, 0) is 38.8 Å². The summed E-state index contributed by atoms with van der Waals surface area (Å²) >= 11 is 0. The SMILES string of the molecule is c1nc(CCNC2CCN3CCCC3C2)no1. The third kappa shape index (κ3) is 2.66. The Bertz CT molecular complexity index is 340. The summed E-state index contributed by atoms with van der Waals surface area (Å²) in [7, 11) is 0. The van der Waals surface area contributed by atoms with Crippen LogP contribution in [0.1, 0.15) is 31.5 Å². The minimum absolute atomic E-state index is 0.682. The molecule has 2 aliphatic heterocycles. The lowest BCUT2D eigenvalue weighted by Crippen LogP contribution is -2.46. The number of piperidine rings is 1. The minimum atomic E-state index is 0.682. The quantitative estimate of drug-likeness (QED) is 0.839. The zero-order valence-corrected chi connectivity index (χ0v) is 10.1. The Hall–Kier alpha value is -0.940. The molecule has 1 N–H and O–H groups in total. The standard InChI is InChI=1S/C12H20N4O/c1-2-11-8-10(4-7-16(11)6-1)13-5-3-12-14-9-17-15-12/h9-11,13H,1-8H2. The van der Waals surface area contributed by atoms with Crippen LogP contribution in [0.5, 0.6) is 0 Å². The summed E-state index contributed by atoms with van der Waals surface area (Å²) in [5.41, 5.74) is 0. The summed E-state index contributed by atoms with van der Waals surface area (Å²) in [6, 6.07) is 1.52. The topological polar surface area (TPSA) is 54.2 Å². The molecule has 0 aromatic carbocycles. The van der Waals surface area contributed by atoms with Gasteiger partial charge in [-0.2, -0.15) is 4.98 Å². The molecule has 2 aliphatic rings. The number of aromatic nitrogens is 2. The van der Waals surface area contributed by atoms with Crippen molar-refractivity contribution in [3.05, 3.63) is 12.2 Å². The van der Waals surface area contributed by atoms with E-state index in [2.05, 4.69) is 20.4 Å². The summed E-state index contributed by atoms with van der Waals surface area (Å²) in [5.74, 6) is 0.802. The van der Waals surface area contributed by atoms with E-state index >= 15 is 0 Å². The van der Waals surface area contributed by atoms with Gasteiger partial charge in [0.1, 0.15) is 0 Å². The number of hydrogen-bond donors (Lipinski definition) is 1. The van der Waals surface area contributed by atoms with E-state index in [1.165, 1.54) is 45.2 Å². The molecular formula is C12H20N4O. The summed E-state index contributed by atoms with van der Waals surface area (Å²) in [5, 5.41) is 7.44. The monoisotopic (exact) mass is 236 g/mol. The third-order valence-corrected chi connectivity index (χ3v) is 4.01. The molecule has 0 radical (unpaired) electrons. The van der Waals surface area contributed by atoms with Crippen LogP contribution in [0.2, 0.25) is 0 Å². The minimum Gasteiger partial charge on any atom is -0.343 e. The van der Waals surface area contributed by atoms with Gasteiger partial charge in [0.2, 0.25) is 6.39 Å².